The zero-order valence-corrected chi connectivity index (χ0v) is 10.7. The smallest absolute Gasteiger partial charge is 0.126 e. The lowest BCUT2D eigenvalue weighted by atomic mass is 9.94. The maximum Gasteiger partial charge on any atom is 0.126 e. The summed E-state index contributed by atoms with van der Waals surface area (Å²) in [5, 5.41) is 8.31. The van der Waals surface area contributed by atoms with Crippen molar-refractivity contribution >= 4 is 11.6 Å². The molecule has 1 atom stereocenters. The third-order valence-corrected chi connectivity index (χ3v) is 3.17. The normalized spacial score (nSPS) is 12.4. The van der Waals surface area contributed by atoms with E-state index in [2.05, 4.69) is 10.2 Å². The summed E-state index contributed by atoms with van der Waals surface area (Å²) in [7, 11) is 0. The van der Waals surface area contributed by atoms with Crippen molar-refractivity contribution in [1.82, 2.24) is 10.2 Å². The Hall–Kier alpha value is -1.52. The van der Waals surface area contributed by atoms with Gasteiger partial charge in [-0.3, -0.25) is 0 Å². The highest BCUT2D eigenvalue weighted by Gasteiger charge is 2.18. The highest BCUT2D eigenvalue weighted by atomic mass is 35.5. The van der Waals surface area contributed by atoms with Crippen LogP contribution in [0, 0.1) is 12.7 Å². The van der Waals surface area contributed by atoms with E-state index in [0.29, 0.717) is 28.4 Å². The van der Waals surface area contributed by atoms with E-state index in [1.807, 2.05) is 0 Å². The lowest BCUT2D eigenvalue weighted by molar-refractivity contribution is 0.613. The molecule has 0 amide bonds. The molecule has 1 unspecified atom stereocenters. The van der Waals surface area contributed by atoms with E-state index < -0.39 is 0 Å². The lowest BCUT2D eigenvalue weighted by Crippen LogP contribution is -2.16. The van der Waals surface area contributed by atoms with Gasteiger partial charge in [0.25, 0.3) is 0 Å². The van der Waals surface area contributed by atoms with Gasteiger partial charge in [0.05, 0.1) is 5.69 Å². The molecule has 0 saturated carbocycles. The third-order valence-electron chi connectivity index (χ3n) is 2.84. The van der Waals surface area contributed by atoms with Crippen LogP contribution in [0.3, 0.4) is 0 Å². The molecule has 18 heavy (non-hydrogen) atoms. The number of aryl methyl sites for hydroxylation is 1. The van der Waals surface area contributed by atoms with Gasteiger partial charge < -0.3 is 5.73 Å². The van der Waals surface area contributed by atoms with E-state index in [1.165, 1.54) is 6.07 Å². The Kier molecular flexibility index (Phi) is 3.89. The van der Waals surface area contributed by atoms with Crippen molar-refractivity contribution in [2.45, 2.75) is 12.8 Å². The number of aromatic nitrogens is 2. The molecule has 2 aromatic rings. The molecule has 1 aromatic heterocycles. The average Bonchev–Trinajstić information content (AvgIpc) is 2.38. The minimum absolute atomic E-state index is 0.249. The predicted octanol–water partition coefficient (Wildman–Crippen LogP) is 2.67. The van der Waals surface area contributed by atoms with E-state index in [1.54, 1.807) is 31.3 Å². The van der Waals surface area contributed by atoms with Crippen molar-refractivity contribution < 1.29 is 4.39 Å². The van der Waals surface area contributed by atoms with E-state index in [0.717, 1.165) is 0 Å². The fourth-order valence-electron chi connectivity index (χ4n) is 1.84. The van der Waals surface area contributed by atoms with E-state index in [9.17, 15) is 4.39 Å². The van der Waals surface area contributed by atoms with Gasteiger partial charge >= 0.3 is 0 Å². The van der Waals surface area contributed by atoms with Crippen LogP contribution in [-0.2, 0) is 0 Å². The van der Waals surface area contributed by atoms with Crippen LogP contribution >= 0.6 is 11.6 Å². The van der Waals surface area contributed by atoms with E-state index >= 15 is 0 Å². The van der Waals surface area contributed by atoms with Gasteiger partial charge in [0.2, 0.25) is 0 Å². The Balaban J connectivity index is 2.49. The van der Waals surface area contributed by atoms with Crippen LogP contribution in [0.1, 0.15) is 22.7 Å². The summed E-state index contributed by atoms with van der Waals surface area (Å²) in [6.45, 7) is 1.96. The molecular weight excluding hydrogens is 253 g/mol. The molecule has 0 fully saturated rings. The Morgan fingerprint density at radius 2 is 2.22 bits per heavy atom. The summed E-state index contributed by atoms with van der Waals surface area (Å²) in [5.74, 6) is -0.543. The summed E-state index contributed by atoms with van der Waals surface area (Å²) >= 11 is 6.15. The minimum atomic E-state index is -0.295. The second kappa shape index (κ2) is 5.42. The zero-order chi connectivity index (χ0) is 13.1. The first-order valence-electron chi connectivity index (χ1n) is 5.56. The van der Waals surface area contributed by atoms with Gasteiger partial charge in [-0.15, -0.1) is 0 Å². The van der Waals surface area contributed by atoms with Crippen molar-refractivity contribution in [2.75, 3.05) is 6.54 Å². The van der Waals surface area contributed by atoms with Crippen molar-refractivity contribution in [1.29, 1.82) is 0 Å². The molecule has 0 radical (unpaired) electrons. The predicted molar refractivity (Wildman–Crippen MR) is 69.1 cm³/mol. The molecular formula is C13H13ClFN3. The Morgan fingerprint density at radius 1 is 1.44 bits per heavy atom. The van der Waals surface area contributed by atoms with Gasteiger partial charge in [0.15, 0.2) is 0 Å². The van der Waals surface area contributed by atoms with Gasteiger partial charge in [0, 0.05) is 23.7 Å². The fraction of sp³-hybridized carbons (Fsp3) is 0.231. The summed E-state index contributed by atoms with van der Waals surface area (Å²) in [6, 6.07) is 6.59. The maximum absolute atomic E-state index is 13.6. The van der Waals surface area contributed by atoms with Gasteiger partial charge in [0.1, 0.15) is 5.82 Å². The number of benzene rings is 1. The summed E-state index contributed by atoms with van der Waals surface area (Å²) in [6.07, 6.45) is 1.58. The molecule has 3 nitrogen and oxygen atoms in total. The maximum atomic E-state index is 13.6. The first kappa shape index (κ1) is 12.9. The highest BCUT2D eigenvalue weighted by molar-refractivity contribution is 6.31. The monoisotopic (exact) mass is 265 g/mol. The molecule has 0 spiro atoms. The second-order valence-electron chi connectivity index (χ2n) is 4.06. The quantitative estimate of drug-likeness (QED) is 0.928. The summed E-state index contributed by atoms with van der Waals surface area (Å²) in [4.78, 5) is 0. The Bertz CT molecular complexity index is 545. The molecule has 1 heterocycles. The molecule has 2 N–H and O–H groups in total. The largest absolute Gasteiger partial charge is 0.329 e. The van der Waals surface area contributed by atoms with Crippen LogP contribution in [0.4, 0.5) is 4.39 Å². The molecule has 2 rings (SSSR count). The van der Waals surface area contributed by atoms with Crippen LogP contribution in [0.2, 0.25) is 5.02 Å². The summed E-state index contributed by atoms with van der Waals surface area (Å²) < 4.78 is 13.6. The van der Waals surface area contributed by atoms with Crippen LogP contribution in [0.25, 0.3) is 0 Å². The van der Waals surface area contributed by atoms with Crippen molar-refractivity contribution in [2.24, 2.45) is 5.73 Å². The molecule has 5 heteroatoms. The second-order valence-corrected chi connectivity index (χ2v) is 4.47. The highest BCUT2D eigenvalue weighted by Crippen LogP contribution is 2.30. The minimum Gasteiger partial charge on any atom is -0.329 e. The van der Waals surface area contributed by atoms with Gasteiger partial charge in [-0.1, -0.05) is 11.6 Å². The van der Waals surface area contributed by atoms with Gasteiger partial charge in [-0.2, -0.15) is 10.2 Å². The molecule has 0 bridgehead atoms. The number of rotatable bonds is 3. The summed E-state index contributed by atoms with van der Waals surface area (Å²) in [5.41, 5.74) is 7.58. The average molecular weight is 266 g/mol. The number of hydrogen-bond acceptors (Lipinski definition) is 3. The molecule has 1 aromatic carbocycles. The molecule has 0 aliphatic rings. The first-order valence-corrected chi connectivity index (χ1v) is 5.94. The Morgan fingerprint density at radius 3 is 2.83 bits per heavy atom. The molecule has 0 aliphatic heterocycles. The number of nitrogens with zero attached hydrogens (tertiary/aromatic N) is 2. The van der Waals surface area contributed by atoms with Crippen molar-refractivity contribution in [3.05, 3.63) is 58.1 Å². The first-order chi connectivity index (χ1) is 8.63. The van der Waals surface area contributed by atoms with Crippen LogP contribution < -0.4 is 5.73 Å². The fourth-order valence-corrected chi connectivity index (χ4v) is 2.18. The topological polar surface area (TPSA) is 51.8 Å². The van der Waals surface area contributed by atoms with E-state index in [4.69, 9.17) is 17.3 Å². The standard InChI is InChI=1S/C13H13ClFN3/c1-8-5-11(14)9(6-12(8)15)10(7-16)13-3-2-4-17-18-13/h2-6,10H,7,16H2,1H3. The molecule has 94 valence electrons. The van der Waals surface area contributed by atoms with Crippen LogP contribution in [0.15, 0.2) is 30.5 Å². The molecule has 0 saturated heterocycles. The number of halogens is 2. The number of nitrogens with two attached hydrogens (primary N) is 1. The lowest BCUT2D eigenvalue weighted by Gasteiger charge is -2.16. The van der Waals surface area contributed by atoms with Crippen LogP contribution in [0.5, 0.6) is 0 Å². The SMILES string of the molecule is Cc1cc(Cl)c(C(CN)c2cccnn2)cc1F. The van der Waals surface area contributed by atoms with E-state index in [-0.39, 0.29) is 11.7 Å². The third kappa shape index (κ3) is 2.49. The van der Waals surface area contributed by atoms with Crippen LogP contribution in [-0.4, -0.2) is 16.7 Å². The van der Waals surface area contributed by atoms with Gasteiger partial charge in [-0.05, 0) is 42.3 Å². The van der Waals surface area contributed by atoms with Crippen molar-refractivity contribution in [3.63, 3.8) is 0 Å². The molecule has 0 aliphatic carbocycles. The number of hydrogen-bond donors (Lipinski definition) is 1. The van der Waals surface area contributed by atoms with Crippen molar-refractivity contribution in [3.8, 4) is 0 Å². The Labute approximate surface area is 110 Å². The zero-order valence-electron chi connectivity index (χ0n) is 9.90. The van der Waals surface area contributed by atoms with Gasteiger partial charge in [-0.25, -0.2) is 4.39 Å².